The van der Waals surface area contributed by atoms with Gasteiger partial charge in [-0.2, -0.15) is 0 Å². The maximum absolute atomic E-state index is 3.73. The molecule has 0 heteroatoms. The number of hydrogen-bond donors (Lipinski definition) is 0. The van der Waals surface area contributed by atoms with E-state index in [0.29, 0.717) is 0 Å². The summed E-state index contributed by atoms with van der Waals surface area (Å²) in [5.74, 6) is 0. The Bertz CT molecular complexity index is 214. The average Bonchev–Trinajstić information content (AvgIpc) is 2.11. The van der Waals surface area contributed by atoms with Crippen molar-refractivity contribution < 1.29 is 0 Å². The minimum atomic E-state index is 1.11. The van der Waals surface area contributed by atoms with Gasteiger partial charge in [0, 0.05) is 0 Å². The predicted octanol–water partition coefficient (Wildman–Crippen LogP) is 4.03. The van der Waals surface area contributed by atoms with E-state index in [-0.39, 0.29) is 0 Å². The first kappa shape index (κ1) is 11.0. The number of rotatable bonds is 4. The van der Waals surface area contributed by atoms with Crippen LogP contribution in [0.2, 0.25) is 0 Å². The maximum Gasteiger partial charge on any atom is -0.0266 e. The van der Waals surface area contributed by atoms with Crippen molar-refractivity contribution in [3.05, 3.63) is 48.1 Å². The molecule has 0 aromatic heterocycles. The summed E-state index contributed by atoms with van der Waals surface area (Å²) in [5.41, 5.74) is 2.55. The zero-order valence-electron chi connectivity index (χ0n) is 8.30. The summed E-state index contributed by atoms with van der Waals surface area (Å²) in [5, 5.41) is 0. The van der Waals surface area contributed by atoms with Crippen LogP contribution in [-0.2, 0) is 0 Å². The van der Waals surface area contributed by atoms with Crippen LogP contribution in [0.5, 0.6) is 0 Å². The van der Waals surface area contributed by atoms with Gasteiger partial charge in [-0.25, -0.2) is 0 Å². The van der Waals surface area contributed by atoms with Crippen molar-refractivity contribution >= 4 is 0 Å². The van der Waals surface area contributed by atoms with Crippen molar-refractivity contribution in [2.45, 2.75) is 27.2 Å². The molecule has 0 aliphatic carbocycles. The fraction of sp³-hybridized carbons (Fsp3) is 0.333. The Hall–Kier alpha value is -1.04. The molecule has 0 saturated heterocycles. The normalized spacial score (nSPS) is 13.9. The van der Waals surface area contributed by atoms with Crippen LogP contribution >= 0.6 is 0 Å². The van der Waals surface area contributed by atoms with E-state index in [1.807, 2.05) is 25.2 Å². The van der Waals surface area contributed by atoms with Crippen molar-refractivity contribution in [1.29, 1.82) is 0 Å². The Morgan fingerprint density at radius 2 is 2.00 bits per heavy atom. The Morgan fingerprint density at radius 3 is 2.42 bits per heavy atom. The highest BCUT2D eigenvalue weighted by molar-refractivity contribution is 5.33. The molecule has 0 radical (unpaired) electrons. The van der Waals surface area contributed by atoms with Gasteiger partial charge in [-0.1, -0.05) is 49.5 Å². The summed E-state index contributed by atoms with van der Waals surface area (Å²) < 4.78 is 0. The van der Waals surface area contributed by atoms with E-state index in [1.165, 1.54) is 5.57 Å². The Kier molecular flexibility index (Phi) is 6.08. The first-order chi connectivity index (χ1) is 5.74. The molecule has 0 amide bonds. The molecule has 0 saturated carbocycles. The van der Waals surface area contributed by atoms with Crippen LogP contribution in [0.15, 0.2) is 48.1 Å². The third kappa shape index (κ3) is 4.73. The molecule has 66 valence electrons. The highest BCUT2D eigenvalue weighted by Crippen LogP contribution is 2.03. The average molecular weight is 162 g/mol. The van der Waals surface area contributed by atoms with E-state index >= 15 is 0 Å². The van der Waals surface area contributed by atoms with Crippen LogP contribution < -0.4 is 0 Å². The van der Waals surface area contributed by atoms with Crippen LogP contribution in [-0.4, -0.2) is 0 Å². The predicted molar refractivity (Wildman–Crippen MR) is 57.1 cm³/mol. The van der Waals surface area contributed by atoms with Crippen LogP contribution in [0.1, 0.15) is 27.2 Å². The number of hydrogen-bond acceptors (Lipinski definition) is 0. The maximum atomic E-state index is 3.73. The lowest BCUT2D eigenvalue weighted by molar-refractivity contribution is 1.10. The van der Waals surface area contributed by atoms with E-state index in [0.717, 1.165) is 12.0 Å². The van der Waals surface area contributed by atoms with E-state index in [4.69, 9.17) is 0 Å². The van der Waals surface area contributed by atoms with E-state index in [1.54, 1.807) is 0 Å². The monoisotopic (exact) mass is 162 g/mol. The van der Waals surface area contributed by atoms with Crippen LogP contribution in [0.25, 0.3) is 0 Å². The number of allylic oxidation sites excluding steroid dienone is 7. The molecule has 0 unspecified atom stereocenters. The van der Waals surface area contributed by atoms with Gasteiger partial charge in [-0.3, -0.25) is 0 Å². The lowest BCUT2D eigenvalue weighted by Crippen LogP contribution is -1.71. The summed E-state index contributed by atoms with van der Waals surface area (Å²) in [7, 11) is 0. The Balaban J connectivity index is 4.39. The van der Waals surface area contributed by atoms with Crippen LogP contribution in [0.3, 0.4) is 0 Å². The SMILES string of the molecule is C=CC(/C=C/C)=C\C=C(\C)CC. The molecule has 0 spiro atoms. The van der Waals surface area contributed by atoms with Crippen molar-refractivity contribution in [3.8, 4) is 0 Å². The van der Waals surface area contributed by atoms with Gasteiger partial charge < -0.3 is 0 Å². The molecule has 0 aromatic carbocycles. The summed E-state index contributed by atoms with van der Waals surface area (Å²) in [6, 6.07) is 0. The van der Waals surface area contributed by atoms with Crippen molar-refractivity contribution in [2.24, 2.45) is 0 Å². The van der Waals surface area contributed by atoms with Gasteiger partial charge >= 0.3 is 0 Å². The fourth-order valence-corrected chi connectivity index (χ4v) is 0.740. The molecule has 0 rings (SSSR count). The van der Waals surface area contributed by atoms with Crippen molar-refractivity contribution in [3.63, 3.8) is 0 Å². The first-order valence-electron chi connectivity index (χ1n) is 4.37. The zero-order valence-corrected chi connectivity index (χ0v) is 8.30. The van der Waals surface area contributed by atoms with Gasteiger partial charge in [0.25, 0.3) is 0 Å². The smallest absolute Gasteiger partial charge is 0.0266 e. The molecule has 0 aliphatic heterocycles. The molecule has 0 aliphatic rings. The fourth-order valence-electron chi connectivity index (χ4n) is 0.740. The van der Waals surface area contributed by atoms with Gasteiger partial charge in [-0.15, -0.1) is 0 Å². The summed E-state index contributed by atoms with van der Waals surface area (Å²) in [4.78, 5) is 0. The quantitative estimate of drug-likeness (QED) is 0.547. The summed E-state index contributed by atoms with van der Waals surface area (Å²) in [6.07, 6.45) is 11.3. The lowest BCUT2D eigenvalue weighted by atomic mass is 10.1. The van der Waals surface area contributed by atoms with E-state index in [9.17, 15) is 0 Å². The molecule has 0 atom stereocenters. The zero-order chi connectivity index (χ0) is 9.40. The third-order valence-corrected chi connectivity index (χ3v) is 1.71. The molecule has 0 bridgehead atoms. The molecule has 12 heavy (non-hydrogen) atoms. The van der Waals surface area contributed by atoms with E-state index < -0.39 is 0 Å². The first-order valence-corrected chi connectivity index (χ1v) is 4.37. The van der Waals surface area contributed by atoms with Gasteiger partial charge in [0.1, 0.15) is 0 Å². The molecular weight excluding hydrogens is 144 g/mol. The van der Waals surface area contributed by atoms with Gasteiger partial charge in [0.15, 0.2) is 0 Å². The molecule has 0 fully saturated rings. The molecular formula is C12H18. The van der Waals surface area contributed by atoms with Gasteiger partial charge in [-0.05, 0) is 25.8 Å². The second-order valence-electron chi connectivity index (χ2n) is 2.74. The van der Waals surface area contributed by atoms with Gasteiger partial charge in [0.05, 0.1) is 0 Å². The second-order valence-corrected chi connectivity index (χ2v) is 2.74. The topological polar surface area (TPSA) is 0 Å². The standard InChI is InChI=1S/C12H18/c1-5-8-12(7-3)10-9-11(4)6-2/h5,7-10H,3,6H2,1-2,4H3/b8-5+,11-9-,12-10+. The minimum Gasteiger partial charge on any atom is -0.0985 e. The summed E-state index contributed by atoms with van der Waals surface area (Å²) >= 11 is 0. The van der Waals surface area contributed by atoms with Crippen LogP contribution in [0.4, 0.5) is 0 Å². The minimum absolute atomic E-state index is 1.11. The summed E-state index contributed by atoms with van der Waals surface area (Å²) in [6.45, 7) is 10.0. The largest absolute Gasteiger partial charge is 0.0985 e. The molecule has 0 N–H and O–H groups in total. The van der Waals surface area contributed by atoms with Gasteiger partial charge in [0.2, 0.25) is 0 Å². The van der Waals surface area contributed by atoms with Crippen LogP contribution in [0, 0.1) is 0 Å². The van der Waals surface area contributed by atoms with E-state index in [2.05, 4.69) is 32.6 Å². The third-order valence-electron chi connectivity index (χ3n) is 1.71. The highest BCUT2D eigenvalue weighted by Gasteiger charge is 1.82. The molecule has 0 heterocycles. The lowest BCUT2D eigenvalue weighted by Gasteiger charge is -1.92. The molecule has 0 nitrogen and oxygen atoms in total. The Labute approximate surface area is 76.0 Å². The molecule has 0 aromatic rings. The van der Waals surface area contributed by atoms with Crippen molar-refractivity contribution in [2.75, 3.05) is 0 Å². The second kappa shape index (κ2) is 6.66. The Morgan fingerprint density at radius 1 is 1.33 bits per heavy atom. The van der Waals surface area contributed by atoms with Crippen molar-refractivity contribution in [1.82, 2.24) is 0 Å². The highest BCUT2D eigenvalue weighted by atomic mass is 13.9.